The summed E-state index contributed by atoms with van der Waals surface area (Å²) >= 11 is 4.40. The first-order valence-electron chi connectivity index (χ1n) is 3.94. The van der Waals surface area contributed by atoms with Gasteiger partial charge in [0.05, 0.1) is 5.54 Å². The van der Waals surface area contributed by atoms with E-state index in [9.17, 15) is 5.21 Å². The highest BCUT2D eigenvalue weighted by atomic mass is 32.1. The number of nitrogens with zero attached hydrogens (tertiary/aromatic N) is 1. The maximum absolute atomic E-state index is 11.6. The van der Waals surface area contributed by atoms with Crippen LogP contribution in [0.1, 0.15) is 34.1 Å². The first-order chi connectivity index (χ1) is 4.78. The van der Waals surface area contributed by atoms with Gasteiger partial charge in [-0.15, -0.1) is 10.3 Å². The minimum atomic E-state index is -0.313. The third kappa shape index (κ3) is 1.30. The van der Waals surface area contributed by atoms with Gasteiger partial charge in [0.15, 0.2) is 0 Å². The monoisotopic (exact) mass is 174 g/mol. The molecule has 1 rings (SSSR count). The van der Waals surface area contributed by atoms with Crippen molar-refractivity contribution in [1.82, 2.24) is 5.06 Å². The van der Waals surface area contributed by atoms with Gasteiger partial charge in [0, 0.05) is 10.8 Å². The Morgan fingerprint density at radius 2 is 1.82 bits per heavy atom. The number of hydrogen-bond acceptors (Lipinski definition) is 2. The molecule has 1 radical (unpaired) electrons. The van der Waals surface area contributed by atoms with Crippen LogP contribution in [0.15, 0.2) is 0 Å². The minimum absolute atomic E-state index is 0.190. The van der Waals surface area contributed by atoms with Crippen LogP contribution in [0.2, 0.25) is 0 Å². The quantitative estimate of drug-likeness (QED) is 0.557. The van der Waals surface area contributed by atoms with Gasteiger partial charge < -0.3 is 0 Å². The molecule has 2 nitrogen and oxygen atoms in total. The van der Waals surface area contributed by atoms with Gasteiger partial charge >= 0.3 is 0 Å². The molecule has 65 valence electrons. The van der Waals surface area contributed by atoms with Crippen molar-refractivity contribution in [3.8, 4) is 0 Å². The Labute approximate surface area is 74.0 Å². The Kier molecular flexibility index (Phi) is 2.02. The molecule has 1 fully saturated rings. The Balaban J connectivity index is 2.89. The molecule has 1 aliphatic rings. The lowest BCUT2D eigenvalue weighted by molar-refractivity contribution is -0.243. The molecule has 1 aliphatic heterocycles. The van der Waals surface area contributed by atoms with E-state index in [-0.39, 0.29) is 16.3 Å². The number of hydrogen-bond donors (Lipinski definition) is 1. The van der Waals surface area contributed by atoms with Gasteiger partial charge in [-0.05, 0) is 34.1 Å². The zero-order chi connectivity index (χ0) is 8.86. The van der Waals surface area contributed by atoms with E-state index in [0.717, 1.165) is 6.42 Å². The molecule has 0 bridgehead atoms. The summed E-state index contributed by atoms with van der Waals surface area (Å²) in [4.78, 5) is 0. The standard InChI is InChI=1S/C8H16NOS/c1-7(2)5-6(11)8(3,4)9(7)10/h6,11H,5H2,1-4H3. The highest BCUT2D eigenvalue weighted by Gasteiger charge is 2.50. The molecule has 11 heavy (non-hydrogen) atoms. The first kappa shape index (κ1) is 9.36. The first-order valence-corrected chi connectivity index (χ1v) is 4.45. The van der Waals surface area contributed by atoms with Crippen LogP contribution in [0.4, 0.5) is 0 Å². The summed E-state index contributed by atoms with van der Waals surface area (Å²) in [6.45, 7) is 7.84. The van der Waals surface area contributed by atoms with Crippen molar-refractivity contribution >= 4 is 12.6 Å². The number of thiol groups is 1. The van der Waals surface area contributed by atoms with Gasteiger partial charge in [-0.2, -0.15) is 12.6 Å². The molecule has 0 aromatic carbocycles. The van der Waals surface area contributed by atoms with Gasteiger partial charge in [-0.25, -0.2) is 0 Å². The zero-order valence-electron chi connectivity index (χ0n) is 7.59. The predicted octanol–water partition coefficient (Wildman–Crippen LogP) is 1.89. The highest BCUT2D eigenvalue weighted by molar-refractivity contribution is 7.81. The summed E-state index contributed by atoms with van der Waals surface area (Å²) in [5.74, 6) is 0. The molecule has 0 aliphatic carbocycles. The number of rotatable bonds is 0. The summed E-state index contributed by atoms with van der Waals surface area (Å²) < 4.78 is 0. The van der Waals surface area contributed by atoms with Gasteiger partial charge in [0.25, 0.3) is 0 Å². The summed E-state index contributed by atoms with van der Waals surface area (Å²) in [6, 6.07) is 0. The van der Waals surface area contributed by atoms with Crippen molar-refractivity contribution in [1.29, 1.82) is 0 Å². The normalized spacial score (nSPS) is 36.0. The third-order valence-corrected chi connectivity index (χ3v) is 3.40. The molecule has 1 atom stereocenters. The molecule has 1 heterocycles. The molecule has 0 amide bonds. The van der Waals surface area contributed by atoms with E-state index < -0.39 is 0 Å². The van der Waals surface area contributed by atoms with Crippen LogP contribution in [0.25, 0.3) is 0 Å². The van der Waals surface area contributed by atoms with E-state index in [0.29, 0.717) is 0 Å². The van der Waals surface area contributed by atoms with Crippen molar-refractivity contribution < 1.29 is 5.21 Å². The fraction of sp³-hybridized carbons (Fsp3) is 1.00. The fourth-order valence-electron chi connectivity index (χ4n) is 1.72. The van der Waals surface area contributed by atoms with Gasteiger partial charge in [-0.1, -0.05) is 0 Å². The second-order valence-corrected chi connectivity index (χ2v) is 5.10. The molecule has 1 unspecified atom stereocenters. The van der Waals surface area contributed by atoms with E-state index in [1.54, 1.807) is 0 Å². The van der Waals surface area contributed by atoms with Crippen LogP contribution in [-0.4, -0.2) is 21.4 Å². The van der Waals surface area contributed by atoms with Crippen LogP contribution in [0.5, 0.6) is 0 Å². The molecule has 0 aromatic heterocycles. The maximum Gasteiger partial charge on any atom is 0.0560 e. The van der Waals surface area contributed by atoms with Crippen molar-refractivity contribution in [2.24, 2.45) is 0 Å². The van der Waals surface area contributed by atoms with E-state index in [4.69, 9.17) is 0 Å². The van der Waals surface area contributed by atoms with E-state index in [1.165, 1.54) is 5.06 Å². The second-order valence-electron chi connectivity index (χ2n) is 4.48. The lowest BCUT2D eigenvalue weighted by Crippen LogP contribution is -2.46. The predicted molar refractivity (Wildman–Crippen MR) is 48.1 cm³/mol. The molecular weight excluding hydrogens is 158 g/mol. The summed E-state index contributed by atoms with van der Waals surface area (Å²) in [7, 11) is 0. The maximum atomic E-state index is 11.6. The van der Waals surface area contributed by atoms with E-state index in [2.05, 4.69) is 12.6 Å². The lowest BCUT2D eigenvalue weighted by atomic mass is 10.0. The Hall–Kier alpha value is 0.270. The Morgan fingerprint density at radius 1 is 1.36 bits per heavy atom. The molecule has 0 saturated carbocycles. The van der Waals surface area contributed by atoms with E-state index in [1.807, 2.05) is 27.7 Å². The smallest absolute Gasteiger partial charge is 0.0560 e. The van der Waals surface area contributed by atoms with Crippen molar-refractivity contribution in [3.05, 3.63) is 0 Å². The SMILES string of the molecule is CC1(C)CC(S)C(C)(C)N1[O]. The largest absolute Gasteiger partial charge is 0.174 e. The lowest BCUT2D eigenvalue weighted by Gasteiger charge is -2.32. The number of hydroxylamine groups is 2. The summed E-state index contributed by atoms with van der Waals surface area (Å²) in [6.07, 6.45) is 0.868. The highest BCUT2D eigenvalue weighted by Crippen LogP contribution is 2.41. The van der Waals surface area contributed by atoms with Crippen LogP contribution >= 0.6 is 12.6 Å². The molecule has 3 heteroatoms. The average molecular weight is 174 g/mol. The summed E-state index contributed by atoms with van der Waals surface area (Å²) in [5.41, 5.74) is -0.553. The van der Waals surface area contributed by atoms with Crippen LogP contribution in [0.3, 0.4) is 0 Å². The van der Waals surface area contributed by atoms with Crippen LogP contribution in [-0.2, 0) is 5.21 Å². The van der Waals surface area contributed by atoms with Gasteiger partial charge in [0.2, 0.25) is 0 Å². The second kappa shape index (κ2) is 2.38. The zero-order valence-corrected chi connectivity index (χ0v) is 8.48. The molecule has 1 saturated heterocycles. The third-order valence-electron chi connectivity index (χ3n) is 2.58. The summed E-state index contributed by atoms with van der Waals surface area (Å²) in [5, 5.41) is 13.0. The molecular formula is C8H16NOS. The van der Waals surface area contributed by atoms with Crippen molar-refractivity contribution in [2.75, 3.05) is 0 Å². The molecule has 0 N–H and O–H groups in total. The molecule has 0 spiro atoms. The Bertz CT molecular complexity index is 167. The minimum Gasteiger partial charge on any atom is -0.174 e. The van der Waals surface area contributed by atoms with Gasteiger partial charge in [-0.3, -0.25) is 0 Å². The topological polar surface area (TPSA) is 23.1 Å². The van der Waals surface area contributed by atoms with Crippen molar-refractivity contribution in [2.45, 2.75) is 50.4 Å². The fourth-order valence-corrected chi connectivity index (χ4v) is 2.27. The van der Waals surface area contributed by atoms with Crippen LogP contribution < -0.4 is 0 Å². The van der Waals surface area contributed by atoms with Gasteiger partial charge in [0.1, 0.15) is 0 Å². The average Bonchev–Trinajstić information content (AvgIpc) is 1.94. The molecule has 0 aromatic rings. The Morgan fingerprint density at radius 3 is 1.91 bits per heavy atom. The van der Waals surface area contributed by atoms with Crippen LogP contribution in [0, 0.1) is 0 Å². The van der Waals surface area contributed by atoms with Crippen molar-refractivity contribution in [3.63, 3.8) is 0 Å². The van der Waals surface area contributed by atoms with E-state index >= 15 is 0 Å².